The van der Waals surface area contributed by atoms with Crippen LogP contribution in [0.25, 0.3) is 5.69 Å². The molecule has 0 saturated heterocycles. The molecule has 3 heterocycles. The molecule has 2 aliphatic rings. The topological polar surface area (TPSA) is 64.9 Å². The fraction of sp³-hybridized carbons (Fsp3) is 0.381. The molecule has 1 aliphatic carbocycles. The van der Waals surface area contributed by atoms with E-state index in [1.807, 2.05) is 18.2 Å². The number of benzene rings is 1. The zero-order valence-electron chi connectivity index (χ0n) is 15.8. The summed E-state index contributed by atoms with van der Waals surface area (Å²) in [6.07, 6.45) is 5.72. The van der Waals surface area contributed by atoms with Gasteiger partial charge in [-0.2, -0.15) is 0 Å². The van der Waals surface area contributed by atoms with E-state index in [1.165, 1.54) is 5.56 Å². The fourth-order valence-electron chi connectivity index (χ4n) is 4.24. The smallest absolute Gasteiger partial charge is 0.213 e. The second-order valence-electron chi connectivity index (χ2n) is 7.59. The van der Waals surface area contributed by atoms with E-state index in [4.69, 9.17) is 27.9 Å². The lowest BCUT2D eigenvalue weighted by molar-refractivity contribution is 0.139. The minimum Gasteiger partial charge on any atom is -0.474 e. The molecule has 0 bridgehead atoms. The lowest BCUT2D eigenvalue weighted by Crippen LogP contribution is -2.25. The number of rotatable bonds is 3. The largest absolute Gasteiger partial charge is 0.474 e. The highest BCUT2D eigenvalue weighted by Gasteiger charge is 2.30. The van der Waals surface area contributed by atoms with Gasteiger partial charge >= 0.3 is 0 Å². The molecule has 0 radical (unpaired) electrons. The number of pyridine rings is 1. The Morgan fingerprint density at radius 3 is 2.59 bits per heavy atom. The molecular formula is C21H21Cl2N5O. The third-order valence-corrected chi connectivity index (χ3v) is 6.12. The predicted octanol–water partition coefficient (Wildman–Crippen LogP) is 4.68. The van der Waals surface area contributed by atoms with Gasteiger partial charge in [0.25, 0.3) is 0 Å². The number of fused-ring (bicyclic) bond motifs is 3. The van der Waals surface area contributed by atoms with Gasteiger partial charge in [-0.3, -0.25) is 4.57 Å². The predicted molar refractivity (Wildman–Crippen MR) is 112 cm³/mol. The van der Waals surface area contributed by atoms with E-state index >= 15 is 0 Å². The lowest BCUT2D eigenvalue weighted by atomic mass is 9.86. The number of hydrogen-bond donors (Lipinski definition) is 1. The minimum atomic E-state index is 0.166. The van der Waals surface area contributed by atoms with Gasteiger partial charge in [-0.05, 0) is 55.5 Å². The molecule has 6 nitrogen and oxygen atoms in total. The molecule has 8 heteroatoms. The maximum Gasteiger partial charge on any atom is 0.213 e. The molecule has 1 saturated carbocycles. The number of ether oxygens (including phenoxy) is 1. The fourth-order valence-corrected chi connectivity index (χ4v) is 4.54. The first-order valence-corrected chi connectivity index (χ1v) is 10.6. The van der Waals surface area contributed by atoms with E-state index in [-0.39, 0.29) is 6.10 Å². The monoisotopic (exact) mass is 429 g/mol. The second-order valence-corrected chi connectivity index (χ2v) is 8.47. The van der Waals surface area contributed by atoms with Gasteiger partial charge < -0.3 is 10.1 Å². The molecule has 0 spiro atoms. The quantitative estimate of drug-likeness (QED) is 0.654. The van der Waals surface area contributed by atoms with Crippen molar-refractivity contribution in [3.8, 4) is 11.6 Å². The van der Waals surface area contributed by atoms with Crippen LogP contribution >= 0.6 is 23.2 Å². The van der Waals surface area contributed by atoms with Gasteiger partial charge in [0, 0.05) is 29.7 Å². The van der Waals surface area contributed by atoms with Crippen molar-refractivity contribution in [3.63, 3.8) is 0 Å². The maximum absolute atomic E-state index is 6.22. The number of hydrogen-bond acceptors (Lipinski definition) is 5. The molecule has 5 rings (SSSR count). The molecule has 3 aromatic rings. The van der Waals surface area contributed by atoms with Crippen LogP contribution in [0.5, 0.6) is 5.88 Å². The summed E-state index contributed by atoms with van der Waals surface area (Å²) in [5.74, 6) is 2.97. The van der Waals surface area contributed by atoms with Crippen LogP contribution in [0, 0.1) is 0 Å². The Kier molecular flexibility index (Phi) is 5.16. The SMILES string of the molecule is Clc1ccc(O[C@H]2CC[C@H](c3nnc4n3-c3ccc(Cl)cc3CNC4)CC2)nc1. The van der Waals surface area contributed by atoms with Crippen molar-refractivity contribution in [1.82, 2.24) is 25.1 Å². The van der Waals surface area contributed by atoms with Crippen LogP contribution in [-0.4, -0.2) is 25.9 Å². The molecule has 0 amide bonds. The van der Waals surface area contributed by atoms with E-state index in [2.05, 4.69) is 31.1 Å². The van der Waals surface area contributed by atoms with Crippen molar-refractivity contribution in [3.05, 3.63) is 63.8 Å². The average molecular weight is 430 g/mol. The Labute approximate surface area is 179 Å². The van der Waals surface area contributed by atoms with Crippen molar-refractivity contribution in [1.29, 1.82) is 0 Å². The zero-order valence-corrected chi connectivity index (χ0v) is 17.3. The highest BCUT2D eigenvalue weighted by molar-refractivity contribution is 6.30. The molecule has 2 aromatic heterocycles. The molecule has 0 unspecified atom stereocenters. The van der Waals surface area contributed by atoms with Gasteiger partial charge in [-0.15, -0.1) is 10.2 Å². The third-order valence-electron chi connectivity index (χ3n) is 5.66. The van der Waals surface area contributed by atoms with E-state index in [0.29, 0.717) is 23.4 Å². The number of nitrogens with one attached hydrogen (secondary N) is 1. The van der Waals surface area contributed by atoms with Crippen molar-refractivity contribution in [2.24, 2.45) is 0 Å². The van der Waals surface area contributed by atoms with Crippen LogP contribution in [-0.2, 0) is 13.1 Å². The van der Waals surface area contributed by atoms with Crippen LogP contribution in [0.4, 0.5) is 0 Å². The molecule has 1 aromatic carbocycles. The second kappa shape index (κ2) is 7.94. The summed E-state index contributed by atoms with van der Waals surface area (Å²) in [6.45, 7) is 1.47. The number of halogens is 2. The summed E-state index contributed by atoms with van der Waals surface area (Å²) < 4.78 is 8.26. The van der Waals surface area contributed by atoms with Crippen LogP contribution < -0.4 is 10.1 Å². The Hall–Kier alpha value is -2.15. The summed E-state index contributed by atoms with van der Waals surface area (Å²) >= 11 is 12.1. The van der Waals surface area contributed by atoms with Crippen molar-refractivity contribution >= 4 is 23.2 Å². The van der Waals surface area contributed by atoms with Gasteiger partial charge in [0.05, 0.1) is 17.3 Å². The average Bonchev–Trinajstić information content (AvgIpc) is 3.06. The first kappa shape index (κ1) is 18.9. The third kappa shape index (κ3) is 3.84. The highest BCUT2D eigenvalue weighted by atomic mass is 35.5. The summed E-state index contributed by atoms with van der Waals surface area (Å²) in [7, 11) is 0. The molecule has 1 aliphatic heterocycles. The Balaban J connectivity index is 1.34. The van der Waals surface area contributed by atoms with Crippen molar-refractivity contribution < 1.29 is 4.74 Å². The van der Waals surface area contributed by atoms with Crippen LogP contribution in [0.2, 0.25) is 10.0 Å². The molecule has 1 N–H and O–H groups in total. The lowest BCUT2D eigenvalue weighted by Gasteiger charge is -2.28. The normalized spacial score (nSPS) is 21.2. The van der Waals surface area contributed by atoms with Crippen LogP contribution in [0.3, 0.4) is 0 Å². The summed E-state index contributed by atoms with van der Waals surface area (Å²) in [5, 5.41) is 13.8. The zero-order chi connectivity index (χ0) is 19.8. The van der Waals surface area contributed by atoms with Crippen LogP contribution in [0.15, 0.2) is 36.5 Å². The Bertz CT molecular complexity index is 1010. The summed E-state index contributed by atoms with van der Waals surface area (Å²) in [5.41, 5.74) is 2.29. The van der Waals surface area contributed by atoms with Crippen LogP contribution in [0.1, 0.15) is 48.8 Å². The van der Waals surface area contributed by atoms with Gasteiger partial charge in [0.1, 0.15) is 11.9 Å². The van der Waals surface area contributed by atoms with Crippen molar-refractivity contribution in [2.45, 2.75) is 50.8 Å². The molecule has 1 fully saturated rings. The van der Waals surface area contributed by atoms with Gasteiger partial charge in [-0.1, -0.05) is 23.2 Å². The van der Waals surface area contributed by atoms with E-state index in [1.54, 1.807) is 12.3 Å². The van der Waals surface area contributed by atoms with E-state index in [9.17, 15) is 0 Å². The van der Waals surface area contributed by atoms with Gasteiger partial charge in [0.15, 0.2) is 5.82 Å². The Morgan fingerprint density at radius 1 is 0.966 bits per heavy atom. The highest BCUT2D eigenvalue weighted by Crippen LogP contribution is 2.36. The van der Waals surface area contributed by atoms with Crippen molar-refractivity contribution in [2.75, 3.05) is 0 Å². The van der Waals surface area contributed by atoms with Gasteiger partial charge in [-0.25, -0.2) is 4.98 Å². The van der Waals surface area contributed by atoms with Gasteiger partial charge in [0.2, 0.25) is 5.88 Å². The maximum atomic E-state index is 6.22. The standard InChI is InChI=1S/C21H21Cl2N5O/c22-15-3-7-18-14(9-15)10-24-12-19-26-27-21(28(18)19)13-1-5-17(6-2-13)29-20-8-4-16(23)11-25-20/h3-4,7-9,11,13,17,24H,1-2,5-6,10,12H2/t13-,17-. The first-order chi connectivity index (χ1) is 14.2. The Morgan fingerprint density at radius 2 is 1.79 bits per heavy atom. The summed E-state index contributed by atoms with van der Waals surface area (Å²) in [6, 6.07) is 9.65. The molecule has 29 heavy (non-hydrogen) atoms. The minimum absolute atomic E-state index is 0.166. The first-order valence-electron chi connectivity index (χ1n) is 9.89. The summed E-state index contributed by atoms with van der Waals surface area (Å²) in [4.78, 5) is 4.24. The number of aromatic nitrogens is 4. The molecule has 0 atom stereocenters. The van der Waals surface area contributed by atoms with E-state index < -0.39 is 0 Å². The molecule has 150 valence electrons. The van der Waals surface area contributed by atoms with E-state index in [0.717, 1.165) is 54.6 Å². The molecular weight excluding hydrogens is 409 g/mol. The number of nitrogens with zero attached hydrogens (tertiary/aromatic N) is 4.